The number of hydrogen-bond donors (Lipinski definition) is 1. The number of esters is 1. The maximum atomic E-state index is 14.9. The van der Waals surface area contributed by atoms with E-state index in [0.717, 1.165) is 37.8 Å². The van der Waals surface area contributed by atoms with Crippen LogP contribution in [0.2, 0.25) is 5.02 Å². The van der Waals surface area contributed by atoms with E-state index < -0.39 is 33.1 Å². The highest BCUT2D eigenvalue weighted by atomic mass is 35.5. The van der Waals surface area contributed by atoms with E-state index in [1.165, 1.54) is 36.0 Å². The van der Waals surface area contributed by atoms with E-state index in [0.29, 0.717) is 36.9 Å². The second-order valence-electron chi connectivity index (χ2n) is 15.3. The van der Waals surface area contributed by atoms with Gasteiger partial charge >= 0.3 is 5.97 Å². The van der Waals surface area contributed by atoms with E-state index >= 15 is 0 Å². The Labute approximate surface area is 321 Å². The molecule has 2 aromatic carbocycles. The summed E-state index contributed by atoms with van der Waals surface area (Å²) in [5.41, 5.74) is 3.14. The molecule has 54 heavy (non-hydrogen) atoms. The SMILES string of the molecule is COc1nn(C)cc1C(=O)NS1(=O)=NC(=O)c2ccc3c(c2)N(CC2CCC2C(OC(C)=O)/C=C/CC(C)C1C)CC1(CCCc2cc(Cl)ccc21)CO3. The summed E-state index contributed by atoms with van der Waals surface area (Å²) in [5, 5.41) is 4.09. The number of hydrogen-bond acceptors (Lipinski definition) is 9. The van der Waals surface area contributed by atoms with E-state index in [1.807, 2.05) is 25.1 Å². The van der Waals surface area contributed by atoms with Crippen molar-refractivity contribution in [2.24, 2.45) is 29.2 Å². The zero-order valence-electron chi connectivity index (χ0n) is 31.4. The fourth-order valence-electron chi connectivity index (χ4n) is 8.52. The summed E-state index contributed by atoms with van der Waals surface area (Å²) in [4.78, 5) is 42.6. The number of benzene rings is 2. The minimum atomic E-state index is -3.74. The Balaban J connectivity index is 1.34. The largest absolute Gasteiger partial charge is 0.490 e. The van der Waals surface area contributed by atoms with Gasteiger partial charge in [0.2, 0.25) is 5.88 Å². The number of allylic oxidation sites excluding steroid dienone is 1. The molecule has 1 N–H and O–H groups in total. The van der Waals surface area contributed by atoms with Gasteiger partial charge in [-0.05, 0) is 105 Å². The van der Waals surface area contributed by atoms with Gasteiger partial charge in [-0.15, -0.1) is 9.46 Å². The highest BCUT2D eigenvalue weighted by Gasteiger charge is 2.45. The Hall–Kier alpha value is -4.36. The molecule has 0 saturated heterocycles. The van der Waals surface area contributed by atoms with Crippen LogP contribution in [-0.4, -0.2) is 69.9 Å². The van der Waals surface area contributed by atoms with Gasteiger partial charge < -0.3 is 19.1 Å². The fraction of sp³-hybridized carbons (Fsp3) is 0.500. The number of rotatable bonds is 4. The highest BCUT2D eigenvalue weighted by Crippen LogP contribution is 2.47. The van der Waals surface area contributed by atoms with Crippen LogP contribution in [0, 0.1) is 17.8 Å². The molecule has 1 aromatic heterocycles. The van der Waals surface area contributed by atoms with Gasteiger partial charge in [-0.2, -0.15) is 0 Å². The van der Waals surface area contributed by atoms with E-state index in [9.17, 15) is 18.6 Å². The van der Waals surface area contributed by atoms with Crippen molar-refractivity contribution in [2.45, 2.75) is 76.1 Å². The van der Waals surface area contributed by atoms with Gasteiger partial charge in [-0.3, -0.25) is 23.8 Å². The van der Waals surface area contributed by atoms with Gasteiger partial charge in [-0.25, -0.2) is 4.21 Å². The molecule has 0 radical (unpaired) electrons. The molecule has 4 aliphatic rings. The first kappa shape index (κ1) is 37.9. The van der Waals surface area contributed by atoms with Crippen molar-refractivity contribution in [2.75, 3.05) is 31.7 Å². The predicted octanol–water partition coefficient (Wildman–Crippen LogP) is 6.45. The second-order valence-corrected chi connectivity index (χ2v) is 18.0. The number of ether oxygens (including phenoxy) is 3. The average Bonchev–Trinajstić information content (AvgIpc) is 3.44. The Morgan fingerprint density at radius 2 is 1.96 bits per heavy atom. The molecule has 1 fully saturated rings. The Kier molecular flexibility index (Phi) is 10.6. The van der Waals surface area contributed by atoms with E-state index in [1.54, 1.807) is 32.2 Å². The lowest BCUT2D eigenvalue weighted by Gasteiger charge is -2.46. The summed E-state index contributed by atoms with van der Waals surface area (Å²) in [7, 11) is -0.710. The zero-order valence-corrected chi connectivity index (χ0v) is 33.0. The normalized spacial score (nSPS) is 30.0. The molecular formula is C40H48ClN5O7S. The van der Waals surface area contributed by atoms with Crippen molar-refractivity contribution in [1.82, 2.24) is 14.5 Å². The number of anilines is 1. The third kappa shape index (κ3) is 7.36. The van der Waals surface area contributed by atoms with Crippen molar-refractivity contribution < 1.29 is 32.8 Å². The van der Waals surface area contributed by atoms with Gasteiger partial charge in [0.05, 0.1) is 24.7 Å². The van der Waals surface area contributed by atoms with Crippen molar-refractivity contribution in [1.29, 1.82) is 0 Å². The predicted molar refractivity (Wildman–Crippen MR) is 206 cm³/mol. The first-order valence-electron chi connectivity index (χ1n) is 18.6. The number of nitrogens with one attached hydrogen (secondary N) is 1. The quantitative estimate of drug-likeness (QED) is 0.234. The maximum absolute atomic E-state index is 14.9. The van der Waals surface area contributed by atoms with Crippen LogP contribution in [0.5, 0.6) is 11.6 Å². The number of carbonyl (C=O) groups excluding carboxylic acids is 3. The molecular weight excluding hydrogens is 730 g/mol. The summed E-state index contributed by atoms with van der Waals surface area (Å²) in [5.74, 6) is -1.10. The van der Waals surface area contributed by atoms with Crippen LogP contribution in [0.3, 0.4) is 0 Å². The van der Waals surface area contributed by atoms with Crippen LogP contribution in [0.25, 0.3) is 0 Å². The molecule has 12 nitrogen and oxygen atoms in total. The minimum Gasteiger partial charge on any atom is -0.490 e. The Bertz CT molecular complexity index is 2130. The van der Waals surface area contributed by atoms with Crippen LogP contribution >= 0.6 is 11.6 Å². The van der Waals surface area contributed by atoms with E-state index in [-0.39, 0.29) is 46.1 Å². The minimum absolute atomic E-state index is 0.0549. The lowest BCUT2D eigenvalue weighted by atomic mass is 9.68. The second kappa shape index (κ2) is 15.1. The summed E-state index contributed by atoms with van der Waals surface area (Å²) in [6, 6.07) is 11.3. The van der Waals surface area contributed by atoms with Gasteiger partial charge in [-0.1, -0.05) is 30.7 Å². The number of methoxy groups -OCH3 is 1. The summed E-state index contributed by atoms with van der Waals surface area (Å²) in [6.45, 7) is 6.77. The molecule has 7 rings (SSSR count). The number of aromatic nitrogens is 2. The van der Waals surface area contributed by atoms with Gasteiger partial charge in [0.1, 0.15) is 27.3 Å². The molecule has 2 aliphatic carbocycles. The highest BCUT2D eigenvalue weighted by molar-refractivity contribution is 7.93. The van der Waals surface area contributed by atoms with E-state index in [2.05, 4.69) is 31.2 Å². The monoisotopic (exact) mass is 777 g/mol. The molecule has 2 aliphatic heterocycles. The van der Waals surface area contributed by atoms with Crippen molar-refractivity contribution in [3.63, 3.8) is 0 Å². The number of fused-ring (bicyclic) bond motifs is 4. The fourth-order valence-corrected chi connectivity index (χ4v) is 10.6. The van der Waals surface area contributed by atoms with Crippen LogP contribution in [0.1, 0.15) is 84.7 Å². The average molecular weight is 778 g/mol. The first-order chi connectivity index (χ1) is 25.8. The van der Waals surface area contributed by atoms with Gasteiger partial charge in [0.25, 0.3) is 11.8 Å². The molecule has 3 aromatic rings. The lowest BCUT2D eigenvalue weighted by Crippen LogP contribution is -2.49. The van der Waals surface area contributed by atoms with Crippen LogP contribution < -0.4 is 19.1 Å². The molecule has 2 bridgehead atoms. The topological polar surface area (TPSA) is 141 Å². The first-order valence-corrected chi connectivity index (χ1v) is 20.6. The Morgan fingerprint density at radius 1 is 1.15 bits per heavy atom. The number of halogens is 1. The third-order valence-electron chi connectivity index (χ3n) is 11.8. The summed E-state index contributed by atoms with van der Waals surface area (Å²) >= 11 is 6.46. The van der Waals surface area contributed by atoms with Crippen LogP contribution in [-0.2, 0) is 38.3 Å². The maximum Gasteiger partial charge on any atom is 0.303 e. The lowest BCUT2D eigenvalue weighted by molar-refractivity contribution is -0.149. The van der Waals surface area contributed by atoms with Gasteiger partial charge in [0.15, 0.2) is 0 Å². The van der Waals surface area contributed by atoms with Gasteiger partial charge in [0, 0.05) is 55.2 Å². The number of nitrogens with zero attached hydrogens (tertiary/aromatic N) is 4. The molecule has 7 atom stereocenters. The van der Waals surface area contributed by atoms with Crippen LogP contribution in [0.15, 0.2) is 59.1 Å². The Morgan fingerprint density at radius 3 is 2.70 bits per heavy atom. The van der Waals surface area contributed by atoms with Crippen molar-refractivity contribution >= 4 is 45.0 Å². The molecule has 14 heteroatoms. The number of carbonyl (C=O) groups is 3. The molecule has 1 spiro atoms. The molecule has 2 amide bonds. The summed E-state index contributed by atoms with van der Waals surface area (Å²) in [6.07, 6.45) is 10.1. The molecule has 3 heterocycles. The van der Waals surface area contributed by atoms with Crippen molar-refractivity contribution in [3.8, 4) is 11.6 Å². The standard InChI is InChI=1S/C40H48ClN5O7S/c1-24-8-6-10-35(53-26(3)47)31-14-11-29(31)20-46-22-40(17-7-9-27-18-30(41)13-15-33(27)40)23-52-36-16-12-28(19-34(36)46)37(48)43-54(50,25(24)2)44-38(49)32-21-45(4)42-39(32)51-5/h6,10,12-13,15-16,18-19,21,24-25,29,31,35H,7-9,11,14,17,20,22-23H2,1-5H3,(H,43,44,48,49,50)/b10-6+. The third-order valence-corrected chi connectivity index (χ3v) is 14.4. The smallest absolute Gasteiger partial charge is 0.303 e. The van der Waals surface area contributed by atoms with Crippen molar-refractivity contribution in [3.05, 3.63) is 82.0 Å². The number of amides is 2. The zero-order chi connectivity index (χ0) is 38.4. The molecule has 288 valence electrons. The number of aryl methyl sites for hydroxylation is 2. The van der Waals surface area contributed by atoms with Crippen LogP contribution in [0.4, 0.5) is 5.69 Å². The molecule has 7 unspecified atom stereocenters. The molecule has 1 saturated carbocycles. The summed E-state index contributed by atoms with van der Waals surface area (Å²) < 4.78 is 41.2. The van der Waals surface area contributed by atoms with E-state index in [4.69, 9.17) is 25.8 Å².